The summed E-state index contributed by atoms with van der Waals surface area (Å²) in [7, 11) is 3.24. The van der Waals surface area contributed by atoms with Crippen molar-refractivity contribution in [3.05, 3.63) is 30.9 Å². The molecule has 0 spiro atoms. The molecule has 0 saturated heterocycles. The van der Waals surface area contributed by atoms with Gasteiger partial charge in [0.25, 0.3) is 0 Å². The molecule has 156 valence electrons. The van der Waals surface area contributed by atoms with Crippen LogP contribution in [0.25, 0.3) is 0 Å². The number of nitrogens with zero attached hydrogens (tertiary/aromatic N) is 4. The van der Waals surface area contributed by atoms with E-state index in [2.05, 4.69) is 21.9 Å². The monoisotopic (exact) mass is 503 g/mol. The van der Waals surface area contributed by atoms with Crippen molar-refractivity contribution >= 4 is 29.9 Å². The summed E-state index contributed by atoms with van der Waals surface area (Å²) in [6, 6.07) is 0. The zero-order chi connectivity index (χ0) is 19.8. The SMILES string of the molecule is C=CCCCN(C)C(=NCCC(O)(c1nccn1C)C(F)(F)F)NCC.I. The second-order valence-corrected chi connectivity index (χ2v) is 6.06. The number of rotatable bonds is 9. The van der Waals surface area contributed by atoms with Crippen molar-refractivity contribution < 1.29 is 18.3 Å². The summed E-state index contributed by atoms with van der Waals surface area (Å²) in [6.45, 7) is 6.63. The van der Waals surface area contributed by atoms with Gasteiger partial charge in [0.15, 0.2) is 5.96 Å². The number of alkyl halides is 3. The summed E-state index contributed by atoms with van der Waals surface area (Å²) in [6.07, 6.45) is 0.654. The molecule has 27 heavy (non-hydrogen) atoms. The molecular formula is C17H29F3IN5O. The van der Waals surface area contributed by atoms with Crippen molar-refractivity contribution in [2.75, 3.05) is 26.7 Å². The van der Waals surface area contributed by atoms with E-state index in [4.69, 9.17) is 0 Å². The fourth-order valence-corrected chi connectivity index (χ4v) is 2.52. The Morgan fingerprint density at radius 3 is 2.63 bits per heavy atom. The van der Waals surface area contributed by atoms with E-state index in [1.165, 1.54) is 24.0 Å². The lowest BCUT2D eigenvalue weighted by Crippen LogP contribution is -2.45. The van der Waals surface area contributed by atoms with Gasteiger partial charge in [-0.3, -0.25) is 4.99 Å². The smallest absolute Gasteiger partial charge is 0.374 e. The average molecular weight is 503 g/mol. The maximum atomic E-state index is 13.5. The van der Waals surface area contributed by atoms with Crippen molar-refractivity contribution in [3.8, 4) is 0 Å². The van der Waals surface area contributed by atoms with E-state index in [9.17, 15) is 18.3 Å². The normalized spacial score (nSPS) is 14.3. The Morgan fingerprint density at radius 2 is 2.15 bits per heavy atom. The van der Waals surface area contributed by atoms with Crippen LogP contribution >= 0.6 is 24.0 Å². The molecule has 0 bridgehead atoms. The van der Waals surface area contributed by atoms with Crippen LogP contribution in [0.2, 0.25) is 0 Å². The van der Waals surface area contributed by atoms with E-state index in [1.54, 1.807) is 0 Å². The molecule has 1 unspecified atom stereocenters. The molecule has 2 N–H and O–H groups in total. The molecule has 1 aromatic rings. The number of hydrogen-bond donors (Lipinski definition) is 2. The molecule has 10 heteroatoms. The summed E-state index contributed by atoms with van der Waals surface area (Å²) in [5.74, 6) is 0.0606. The Bertz CT molecular complexity index is 606. The number of nitrogens with one attached hydrogen (secondary N) is 1. The van der Waals surface area contributed by atoms with Gasteiger partial charge < -0.3 is 19.9 Å². The number of halogens is 4. The largest absolute Gasteiger partial charge is 0.424 e. The Labute approximate surface area is 175 Å². The van der Waals surface area contributed by atoms with E-state index >= 15 is 0 Å². The van der Waals surface area contributed by atoms with Gasteiger partial charge in [-0.05, 0) is 19.8 Å². The Kier molecular flexibility index (Phi) is 11.0. The number of imidazole rings is 1. The summed E-state index contributed by atoms with van der Waals surface area (Å²) in [5.41, 5.74) is -3.05. The topological polar surface area (TPSA) is 65.7 Å². The minimum absolute atomic E-state index is 0. The van der Waals surface area contributed by atoms with Gasteiger partial charge in [0.1, 0.15) is 5.82 Å². The lowest BCUT2D eigenvalue weighted by atomic mass is 9.98. The number of allylic oxidation sites excluding steroid dienone is 1. The molecule has 1 heterocycles. The lowest BCUT2D eigenvalue weighted by molar-refractivity contribution is -0.272. The van der Waals surface area contributed by atoms with Gasteiger partial charge >= 0.3 is 6.18 Å². The van der Waals surface area contributed by atoms with Crippen molar-refractivity contribution in [1.82, 2.24) is 19.8 Å². The van der Waals surface area contributed by atoms with Crippen LogP contribution in [0.4, 0.5) is 13.2 Å². The van der Waals surface area contributed by atoms with Crippen LogP contribution in [-0.4, -0.2) is 58.4 Å². The van der Waals surface area contributed by atoms with Crippen LogP contribution in [-0.2, 0) is 12.6 Å². The van der Waals surface area contributed by atoms with Gasteiger partial charge in [0.2, 0.25) is 5.60 Å². The molecule has 0 aliphatic carbocycles. The van der Waals surface area contributed by atoms with Gasteiger partial charge in [-0.2, -0.15) is 13.2 Å². The molecule has 0 aliphatic rings. The van der Waals surface area contributed by atoms with Crippen LogP contribution in [0, 0.1) is 0 Å². The van der Waals surface area contributed by atoms with Gasteiger partial charge in [-0.1, -0.05) is 6.08 Å². The van der Waals surface area contributed by atoms with Gasteiger partial charge in [-0.15, -0.1) is 30.6 Å². The molecule has 0 radical (unpaired) electrons. The molecule has 1 atom stereocenters. The van der Waals surface area contributed by atoms with Crippen molar-refractivity contribution in [2.24, 2.45) is 12.0 Å². The third kappa shape index (κ3) is 6.98. The summed E-state index contributed by atoms with van der Waals surface area (Å²) < 4.78 is 41.7. The first-order valence-corrected chi connectivity index (χ1v) is 8.54. The predicted octanol–water partition coefficient (Wildman–Crippen LogP) is 3.04. The first kappa shape index (κ1) is 25.7. The van der Waals surface area contributed by atoms with Crippen LogP contribution in [0.5, 0.6) is 0 Å². The number of unbranched alkanes of at least 4 members (excludes halogenated alkanes) is 1. The molecular weight excluding hydrogens is 474 g/mol. The molecule has 0 saturated carbocycles. The minimum Gasteiger partial charge on any atom is -0.374 e. The molecule has 1 rings (SSSR count). The number of aromatic nitrogens is 2. The zero-order valence-electron chi connectivity index (χ0n) is 16.0. The van der Waals surface area contributed by atoms with Crippen LogP contribution in [0.1, 0.15) is 32.0 Å². The zero-order valence-corrected chi connectivity index (χ0v) is 18.3. The Morgan fingerprint density at radius 1 is 1.48 bits per heavy atom. The summed E-state index contributed by atoms with van der Waals surface area (Å²) in [5, 5.41) is 13.4. The molecule has 6 nitrogen and oxygen atoms in total. The number of guanidine groups is 1. The number of aryl methyl sites for hydroxylation is 1. The van der Waals surface area contributed by atoms with Crippen molar-refractivity contribution in [3.63, 3.8) is 0 Å². The molecule has 0 fully saturated rings. The van der Waals surface area contributed by atoms with Gasteiger partial charge in [0.05, 0.1) is 0 Å². The fraction of sp³-hybridized carbons (Fsp3) is 0.647. The van der Waals surface area contributed by atoms with Crippen LogP contribution < -0.4 is 5.32 Å². The second kappa shape index (κ2) is 11.5. The standard InChI is InChI=1S/C17H28F3N5O.HI/c1-5-7-8-12-25(4)15(21-6-2)23-10-9-16(26,17(18,19)20)14-22-11-13-24(14)3;/h5,11,13,26H,1,6-10,12H2,2-4H3,(H,21,23);1H. The summed E-state index contributed by atoms with van der Waals surface area (Å²) in [4.78, 5) is 9.77. The summed E-state index contributed by atoms with van der Waals surface area (Å²) >= 11 is 0. The number of hydrogen-bond acceptors (Lipinski definition) is 3. The lowest BCUT2D eigenvalue weighted by Gasteiger charge is -2.29. The quantitative estimate of drug-likeness (QED) is 0.179. The third-order valence-electron chi connectivity index (χ3n) is 3.99. The van der Waals surface area contributed by atoms with Gasteiger partial charge in [0, 0.05) is 52.5 Å². The Balaban J connectivity index is 0.00000676. The van der Waals surface area contributed by atoms with Crippen molar-refractivity contribution in [1.29, 1.82) is 0 Å². The predicted molar refractivity (Wildman–Crippen MR) is 111 cm³/mol. The minimum atomic E-state index is -4.85. The molecule has 0 aromatic carbocycles. The van der Waals surface area contributed by atoms with E-state index in [0.29, 0.717) is 19.0 Å². The van der Waals surface area contributed by atoms with Gasteiger partial charge in [-0.25, -0.2) is 4.98 Å². The maximum Gasteiger partial charge on any atom is 0.424 e. The number of aliphatic imine (C=N–C) groups is 1. The van der Waals surface area contributed by atoms with E-state index in [0.717, 1.165) is 12.8 Å². The highest BCUT2D eigenvalue weighted by atomic mass is 127. The van der Waals surface area contributed by atoms with E-state index < -0.39 is 24.0 Å². The molecule has 0 amide bonds. The highest BCUT2D eigenvalue weighted by Gasteiger charge is 2.57. The fourth-order valence-electron chi connectivity index (χ4n) is 2.52. The molecule has 0 aliphatic heterocycles. The Hall–Kier alpha value is -1.30. The van der Waals surface area contributed by atoms with E-state index in [1.807, 2.05) is 24.9 Å². The third-order valence-corrected chi connectivity index (χ3v) is 3.99. The van der Waals surface area contributed by atoms with Crippen LogP contribution in [0.15, 0.2) is 30.0 Å². The first-order valence-electron chi connectivity index (χ1n) is 8.54. The number of aliphatic hydroxyl groups is 1. The highest BCUT2D eigenvalue weighted by Crippen LogP contribution is 2.40. The van der Waals surface area contributed by atoms with Crippen molar-refractivity contribution in [2.45, 2.75) is 38.0 Å². The average Bonchev–Trinajstić information content (AvgIpc) is 2.99. The maximum absolute atomic E-state index is 13.5. The van der Waals surface area contributed by atoms with Crippen LogP contribution in [0.3, 0.4) is 0 Å². The molecule has 1 aromatic heterocycles. The second-order valence-electron chi connectivity index (χ2n) is 6.06. The van der Waals surface area contributed by atoms with E-state index in [-0.39, 0.29) is 30.5 Å². The highest BCUT2D eigenvalue weighted by molar-refractivity contribution is 14.0. The first-order chi connectivity index (χ1) is 12.2.